The monoisotopic (exact) mass is 268 g/mol. The van der Waals surface area contributed by atoms with Gasteiger partial charge in [-0.2, -0.15) is 0 Å². The van der Waals surface area contributed by atoms with E-state index < -0.39 is 0 Å². The number of benzene rings is 2. The molecule has 3 aromatic rings. The Balaban J connectivity index is 1.99. The molecule has 1 aromatic heterocycles. The second-order valence-corrected chi connectivity index (χ2v) is 4.65. The lowest BCUT2D eigenvalue weighted by Gasteiger charge is -2.03. The maximum absolute atomic E-state index is 5.51. The predicted molar refractivity (Wildman–Crippen MR) is 78.8 cm³/mol. The third-order valence-corrected chi connectivity index (χ3v) is 3.29. The van der Waals surface area contributed by atoms with Crippen LogP contribution in [-0.4, -0.2) is 18.8 Å². The number of nitrogens with two attached hydrogens (primary N) is 1. The Bertz CT molecular complexity index is 734. The molecule has 0 aliphatic carbocycles. The van der Waals surface area contributed by atoms with Crippen molar-refractivity contribution in [3.63, 3.8) is 0 Å². The molecule has 0 atom stereocenters. The summed E-state index contributed by atoms with van der Waals surface area (Å²) in [6, 6.07) is 14.1. The van der Waals surface area contributed by atoms with Gasteiger partial charge in [0.25, 0.3) is 0 Å². The molecule has 0 unspecified atom stereocenters. The Labute approximate surface area is 117 Å². The molecule has 0 amide bonds. The van der Waals surface area contributed by atoms with E-state index in [0.717, 1.165) is 33.5 Å². The van der Waals surface area contributed by atoms with Gasteiger partial charge in [0.2, 0.25) is 0 Å². The molecule has 0 saturated carbocycles. The smallest absolute Gasteiger partial charge is 0.138 e. The average Bonchev–Trinajstić information content (AvgIpc) is 2.95. The molecule has 4 nitrogen and oxygen atoms in total. The fraction of sp³-hybridized carbons (Fsp3) is 0.188. The Kier molecular flexibility index (Phi) is 3.39. The Morgan fingerprint density at radius 1 is 1.10 bits per heavy atom. The fourth-order valence-electron chi connectivity index (χ4n) is 2.22. The molecule has 0 radical (unpaired) electrons. The molecule has 102 valence electrons. The molecule has 0 bridgehead atoms. The van der Waals surface area contributed by atoms with Crippen molar-refractivity contribution in [1.82, 2.24) is 5.16 Å². The van der Waals surface area contributed by atoms with Crippen LogP contribution in [0, 0.1) is 0 Å². The molecular formula is C16H16N2O2. The zero-order valence-corrected chi connectivity index (χ0v) is 11.3. The van der Waals surface area contributed by atoms with Gasteiger partial charge in [-0.3, -0.25) is 0 Å². The standard InChI is InChI=1S/C16H16N2O2/c1-19-14-5-4-11-8-13(3-2-12(11)9-14)16-10-15(6-7-17)20-18-16/h2-5,8-10H,6-7,17H2,1H3. The molecule has 1 heterocycles. The lowest BCUT2D eigenvalue weighted by atomic mass is 10.0. The highest BCUT2D eigenvalue weighted by molar-refractivity contribution is 5.87. The number of ether oxygens (including phenoxy) is 1. The molecular weight excluding hydrogens is 252 g/mol. The van der Waals surface area contributed by atoms with Gasteiger partial charge in [0.15, 0.2) is 0 Å². The highest BCUT2D eigenvalue weighted by Crippen LogP contribution is 2.26. The van der Waals surface area contributed by atoms with E-state index >= 15 is 0 Å². The fourth-order valence-corrected chi connectivity index (χ4v) is 2.22. The molecule has 0 fully saturated rings. The molecule has 4 heteroatoms. The SMILES string of the molecule is COc1ccc2cc(-c3cc(CCN)on3)ccc2c1. The first kappa shape index (κ1) is 12.7. The van der Waals surface area contributed by atoms with E-state index in [1.807, 2.05) is 30.3 Å². The van der Waals surface area contributed by atoms with Crippen molar-refractivity contribution in [3.05, 3.63) is 48.2 Å². The van der Waals surface area contributed by atoms with Gasteiger partial charge >= 0.3 is 0 Å². The summed E-state index contributed by atoms with van der Waals surface area (Å²) >= 11 is 0. The van der Waals surface area contributed by atoms with E-state index in [1.165, 1.54) is 0 Å². The molecule has 0 spiro atoms. The van der Waals surface area contributed by atoms with Crippen LogP contribution in [0.15, 0.2) is 47.0 Å². The van der Waals surface area contributed by atoms with E-state index in [1.54, 1.807) is 7.11 Å². The van der Waals surface area contributed by atoms with Crippen molar-refractivity contribution in [2.45, 2.75) is 6.42 Å². The third kappa shape index (κ3) is 2.38. The first-order valence-corrected chi connectivity index (χ1v) is 6.54. The second-order valence-electron chi connectivity index (χ2n) is 4.65. The average molecular weight is 268 g/mol. The summed E-state index contributed by atoms with van der Waals surface area (Å²) in [5, 5.41) is 6.37. The van der Waals surface area contributed by atoms with Gasteiger partial charge in [0.05, 0.1) is 7.11 Å². The largest absolute Gasteiger partial charge is 0.497 e. The molecule has 0 aliphatic rings. The van der Waals surface area contributed by atoms with E-state index in [4.69, 9.17) is 15.0 Å². The van der Waals surface area contributed by atoms with Crippen LogP contribution in [0.25, 0.3) is 22.0 Å². The van der Waals surface area contributed by atoms with Crippen LogP contribution < -0.4 is 10.5 Å². The van der Waals surface area contributed by atoms with Crippen LogP contribution in [0.4, 0.5) is 0 Å². The lowest BCUT2D eigenvalue weighted by molar-refractivity contribution is 0.386. The molecule has 0 aliphatic heterocycles. The second kappa shape index (κ2) is 5.35. The van der Waals surface area contributed by atoms with Gasteiger partial charge in [0, 0.05) is 18.1 Å². The molecule has 0 saturated heterocycles. The predicted octanol–water partition coefficient (Wildman–Crippen LogP) is 3.00. The van der Waals surface area contributed by atoms with Gasteiger partial charge < -0.3 is 15.0 Å². The van der Waals surface area contributed by atoms with E-state index in [9.17, 15) is 0 Å². The minimum atomic E-state index is 0.562. The minimum absolute atomic E-state index is 0.562. The number of methoxy groups -OCH3 is 1. The number of nitrogens with zero attached hydrogens (tertiary/aromatic N) is 1. The van der Waals surface area contributed by atoms with E-state index in [2.05, 4.69) is 17.3 Å². The van der Waals surface area contributed by atoms with Crippen molar-refractivity contribution in [2.24, 2.45) is 5.73 Å². The first-order chi connectivity index (χ1) is 9.80. The number of hydrogen-bond donors (Lipinski definition) is 1. The maximum atomic E-state index is 5.51. The van der Waals surface area contributed by atoms with Gasteiger partial charge in [-0.25, -0.2) is 0 Å². The summed E-state index contributed by atoms with van der Waals surface area (Å²) < 4.78 is 10.5. The maximum Gasteiger partial charge on any atom is 0.138 e. The summed E-state index contributed by atoms with van der Waals surface area (Å²) in [6.07, 6.45) is 0.706. The summed E-state index contributed by atoms with van der Waals surface area (Å²) in [4.78, 5) is 0. The number of rotatable bonds is 4. The Morgan fingerprint density at radius 3 is 2.70 bits per heavy atom. The third-order valence-electron chi connectivity index (χ3n) is 3.29. The van der Waals surface area contributed by atoms with Gasteiger partial charge in [-0.05, 0) is 35.5 Å². The van der Waals surface area contributed by atoms with Crippen LogP contribution in [-0.2, 0) is 6.42 Å². The van der Waals surface area contributed by atoms with Crippen molar-refractivity contribution >= 4 is 10.8 Å². The summed E-state index contributed by atoms with van der Waals surface area (Å²) in [6.45, 7) is 0.562. The minimum Gasteiger partial charge on any atom is -0.497 e. The molecule has 3 rings (SSSR count). The Hall–Kier alpha value is -2.33. The summed E-state index contributed by atoms with van der Waals surface area (Å²) in [7, 11) is 1.67. The van der Waals surface area contributed by atoms with Crippen LogP contribution in [0.2, 0.25) is 0 Å². The van der Waals surface area contributed by atoms with Gasteiger partial charge in [-0.1, -0.05) is 23.4 Å². The quantitative estimate of drug-likeness (QED) is 0.790. The summed E-state index contributed by atoms with van der Waals surface area (Å²) in [5.74, 6) is 1.68. The number of hydrogen-bond acceptors (Lipinski definition) is 4. The van der Waals surface area contributed by atoms with Crippen molar-refractivity contribution in [3.8, 4) is 17.0 Å². The van der Waals surface area contributed by atoms with Gasteiger partial charge in [0.1, 0.15) is 17.2 Å². The van der Waals surface area contributed by atoms with Crippen molar-refractivity contribution in [1.29, 1.82) is 0 Å². The normalized spacial score (nSPS) is 10.9. The zero-order valence-electron chi connectivity index (χ0n) is 11.3. The topological polar surface area (TPSA) is 61.3 Å². The number of fused-ring (bicyclic) bond motifs is 1. The van der Waals surface area contributed by atoms with Crippen LogP contribution in [0.5, 0.6) is 5.75 Å². The molecule has 2 aromatic carbocycles. The van der Waals surface area contributed by atoms with Gasteiger partial charge in [-0.15, -0.1) is 0 Å². The van der Waals surface area contributed by atoms with Crippen LogP contribution >= 0.6 is 0 Å². The highest BCUT2D eigenvalue weighted by Gasteiger charge is 2.07. The lowest BCUT2D eigenvalue weighted by Crippen LogP contribution is -2.01. The Morgan fingerprint density at radius 2 is 1.90 bits per heavy atom. The van der Waals surface area contributed by atoms with Crippen LogP contribution in [0.3, 0.4) is 0 Å². The highest BCUT2D eigenvalue weighted by atomic mass is 16.5. The van der Waals surface area contributed by atoms with E-state index in [-0.39, 0.29) is 0 Å². The number of aromatic nitrogens is 1. The summed E-state index contributed by atoms with van der Waals surface area (Å²) in [5.41, 5.74) is 7.39. The van der Waals surface area contributed by atoms with E-state index in [0.29, 0.717) is 13.0 Å². The zero-order chi connectivity index (χ0) is 13.9. The molecule has 2 N–H and O–H groups in total. The van der Waals surface area contributed by atoms with Crippen molar-refractivity contribution < 1.29 is 9.26 Å². The molecule has 20 heavy (non-hydrogen) atoms. The van der Waals surface area contributed by atoms with Crippen LogP contribution in [0.1, 0.15) is 5.76 Å². The first-order valence-electron chi connectivity index (χ1n) is 6.54. The van der Waals surface area contributed by atoms with Crippen molar-refractivity contribution in [2.75, 3.05) is 13.7 Å².